The monoisotopic (exact) mass is 295 g/mol. The number of benzene rings is 2. The number of hydrogen-bond donors (Lipinski definition) is 1. The zero-order valence-electron chi connectivity index (χ0n) is 11.4. The van der Waals surface area contributed by atoms with Crippen LogP contribution in [0.4, 0.5) is 0 Å². The standard InChI is InChI=1S/C17H13NO2S/c1-11-14(16-18-7-8-21-16)9-13(10-15(11)17(19)20)12-5-3-2-4-6-12/h2-10H,1H3,(H,19,20). The molecule has 1 heterocycles. The summed E-state index contributed by atoms with van der Waals surface area (Å²) in [5, 5.41) is 12.2. The molecular weight excluding hydrogens is 282 g/mol. The van der Waals surface area contributed by atoms with E-state index < -0.39 is 5.97 Å². The van der Waals surface area contributed by atoms with Crippen LogP contribution in [0.25, 0.3) is 21.7 Å². The summed E-state index contributed by atoms with van der Waals surface area (Å²) >= 11 is 1.51. The highest BCUT2D eigenvalue weighted by Crippen LogP contribution is 2.33. The van der Waals surface area contributed by atoms with E-state index in [1.807, 2.05) is 48.7 Å². The van der Waals surface area contributed by atoms with Crippen molar-refractivity contribution in [3.05, 3.63) is 65.2 Å². The number of carboxylic acid groups (broad SMARTS) is 1. The number of rotatable bonds is 3. The first-order valence-corrected chi connectivity index (χ1v) is 7.38. The van der Waals surface area contributed by atoms with Gasteiger partial charge in [0, 0.05) is 17.1 Å². The number of carbonyl (C=O) groups is 1. The molecule has 3 rings (SSSR count). The largest absolute Gasteiger partial charge is 0.478 e. The molecule has 0 spiro atoms. The molecule has 4 heteroatoms. The van der Waals surface area contributed by atoms with E-state index in [0.717, 1.165) is 27.3 Å². The summed E-state index contributed by atoms with van der Waals surface area (Å²) < 4.78 is 0. The van der Waals surface area contributed by atoms with E-state index in [4.69, 9.17) is 0 Å². The van der Waals surface area contributed by atoms with E-state index in [1.54, 1.807) is 12.3 Å². The Hall–Kier alpha value is -2.46. The third-order valence-electron chi connectivity index (χ3n) is 3.41. The summed E-state index contributed by atoms with van der Waals surface area (Å²) in [6.07, 6.45) is 1.73. The van der Waals surface area contributed by atoms with E-state index in [9.17, 15) is 9.90 Å². The molecular formula is C17H13NO2S. The highest BCUT2D eigenvalue weighted by molar-refractivity contribution is 7.13. The first kappa shape index (κ1) is 13.5. The van der Waals surface area contributed by atoms with Crippen molar-refractivity contribution >= 4 is 17.3 Å². The Morgan fingerprint density at radius 3 is 2.52 bits per heavy atom. The van der Waals surface area contributed by atoms with Crippen LogP contribution >= 0.6 is 11.3 Å². The Labute approximate surface area is 126 Å². The fraction of sp³-hybridized carbons (Fsp3) is 0.0588. The van der Waals surface area contributed by atoms with Crippen LogP contribution in [-0.4, -0.2) is 16.1 Å². The molecule has 1 aromatic heterocycles. The van der Waals surface area contributed by atoms with Gasteiger partial charge in [0.15, 0.2) is 0 Å². The van der Waals surface area contributed by atoms with E-state index in [0.29, 0.717) is 5.56 Å². The first-order chi connectivity index (χ1) is 10.2. The maximum Gasteiger partial charge on any atom is 0.335 e. The molecule has 0 aliphatic heterocycles. The molecule has 3 aromatic rings. The van der Waals surface area contributed by atoms with Gasteiger partial charge < -0.3 is 5.11 Å². The zero-order valence-corrected chi connectivity index (χ0v) is 12.2. The second-order valence-corrected chi connectivity index (χ2v) is 5.60. The predicted molar refractivity (Wildman–Crippen MR) is 84.7 cm³/mol. The summed E-state index contributed by atoms with van der Waals surface area (Å²) in [4.78, 5) is 15.8. The topological polar surface area (TPSA) is 50.2 Å². The molecule has 0 radical (unpaired) electrons. The average Bonchev–Trinajstić information content (AvgIpc) is 3.02. The smallest absolute Gasteiger partial charge is 0.335 e. The van der Waals surface area contributed by atoms with Gasteiger partial charge in [0.1, 0.15) is 5.01 Å². The van der Waals surface area contributed by atoms with Crippen molar-refractivity contribution < 1.29 is 9.90 Å². The van der Waals surface area contributed by atoms with Gasteiger partial charge in [0.2, 0.25) is 0 Å². The molecule has 3 nitrogen and oxygen atoms in total. The lowest BCUT2D eigenvalue weighted by atomic mass is 9.95. The second kappa shape index (κ2) is 5.50. The third kappa shape index (κ3) is 2.58. The van der Waals surface area contributed by atoms with Crippen LogP contribution in [0, 0.1) is 6.92 Å². The Bertz CT molecular complexity index is 780. The van der Waals surface area contributed by atoms with Gasteiger partial charge in [0.25, 0.3) is 0 Å². The van der Waals surface area contributed by atoms with Crippen molar-refractivity contribution in [2.24, 2.45) is 0 Å². The Morgan fingerprint density at radius 1 is 1.14 bits per heavy atom. The van der Waals surface area contributed by atoms with E-state index in [1.165, 1.54) is 11.3 Å². The van der Waals surface area contributed by atoms with Crippen molar-refractivity contribution in [2.75, 3.05) is 0 Å². The maximum atomic E-state index is 11.5. The zero-order chi connectivity index (χ0) is 14.8. The fourth-order valence-electron chi connectivity index (χ4n) is 2.31. The van der Waals surface area contributed by atoms with E-state index in [-0.39, 0.29) is 0 Å². The lowest BCUT2D eigenvalue weighted by molar-refractivity contribution is 0.0696. The van der Waals surface area contributed by atoms with Crippen molar-refractivity contribution in [3.63, 3.8) is 0 Å². The molecule has 0 bridgehead atoms. The van der Waals surface area contributed by atoms with Crippen LogP contribution in [-0.2, 0) is 0 Å². The summed E-state index contributed by atoms with van der Waals surface area (Å²) in [6.45, 7) is 1.83. The van der Waals surface area contributed by atoms with Crippen LogP contribution in [0.1, 0.15) is 15.9 Å². The van der Waals surface area contributed by atoms with Crippen molar-refractivity contribution in [1.82, 2.24) is 4.98 Å². The SMILES string of the molecule is Cc1c(C(=O)O)cc(-c2ccccc2)cc1-c1nccs1. The molecule has 0 aliphatic rings. The first-order valence-electron chi connectivity index (χ1n) is 6.50. The number of thiazole rings is 1. The van der Waals surface area contributed by atoms with Crippen molar-refractivity contribution in [2.45, 2.75) is 6.92 Å². The predicted octanol–water partition coefficient (Wildman–Crippen LogP) is 4.48. The number of aromatic nitrogens is 1. The fourth-order valence-corrected chi connectivity index (χ4v) is 3.02. The molecule has 1 N–H and O–H groups in total. The van der Waals surface area contributed by atoms with Gasteiger partial charge in [0.05, 0.1) is 5.56 Å². The Balaban J connectivity index is 2.26. The second-order valence-electron chi connectivity index (χ2n) is 4.70. The van der Waals surface area contributed by atoms with Crippen LogP contribution < -0.4 is 0 Å². The van der Waals surface area contributed by atoms with Gasteiger partial charge in [-0.2, -0.15) is 0 Å². The molecule has 0 unspecified atom stereocenters. The van der Waals surface area contributed by atoms with Crippen LogP contribution in [0.2, 0.25) is 0 Å². The molecule has 2 aromatic carbocycles. The van der Waals surface area contributed by atoms with Gasteiger partial charge in [-0.15, -0.1) is 11.3 Å². The van der Waals surface area contributed by atoms with E-state index in [2.05, 4.69) is 4.98 Å². The quantitative estimate of drug-likeness (QED) is 0.775. The normalized spacial score (nSPS) is 10.5. The summed E-state index contributed by atoms with van der Waals surface area (Å²) in [7, 11) is 0. The average molecular weight is 295 g/mol. The van der Waals surface area contributed by atoms with Crippen LogP contribution in [0.3, 0.4) is 0 Å². The Morgan fingerprint density at radius 2 is 1.90 bits per heavy atom. The van der Waals surface area contributed by atoms with Crippen molar-refractivity contribution in [3.8, 4) is 21.7 Å². The van der Waals surface area contributed by atoms with Gasteiger partial charge >= 0.3 is 5.97 Å². The number of aromatic carboxylic acids is 1. The van der Waals surface area contributed by atoms with Gasteiger partial charge in [-0.05, 0) is 35.7 Å². The number of nitrogens with zero attached hydrogens (tertiary/aromatic N) is 1. The van der Waals surface area contributed by atoms with Gasteiger partial charge in [-0.25, -0.2) is 9.78 Å². The summed E-state index contributed by atoms with van der Waals surface area (Å²) in [6, 6.07) is 13.5. The molecule has 104 valence electrons. The number of hydrogen-bond acceptors (Lipinski definition) is 3. The van der Waals surface area contributed by atoms with Gasteiger partial charge in [-0.3, -0.25) is 0 Å². The lowest BCUT2D eigenvalue weighted by Crippen LogP contribution is -2.02. The summed E-state index contributed by atoms with van der Waals surface area (Å²) in [5.41, 5.74) is 3.84. The molecule has 21 heavy (non-hydrogen) atoms. The number of carboxylic acids is 1. The molecule has 0 saturated carbocycles. The van der Waals surface area contributed by atoms with Crippen LogP contribution in [0.5, 0.6) is 0 Å². The highest BCUT2D eigenvalue weighted by atomic mass is 32.1. The molecule has 0 aliphatic carbocycles. The minimum Gasteiger partial charge on any atom is -0.478 e. The third-order valence-corrected chi connectivity index (χ3v) is 4.21. The molecule has 0 saturated heterocycles. The molecule has 0 amide bonds. The van der Waals surface area contributed by atoms with Crippen LogP contribution in [0.15, 0.2) is 54.0 Å². The van der Waals surface area contributed by atoms with Gasteiger partial charge in [-0.1, -0.05) is 30.3 Å². The lowest BCUT2D eigenvalue weighted by Gasteiger charge is -2.11. The Kier molecular flexibility index (Phi) is 3.54. The minimum atomic E-state index is -0.914. The highest BCUT2D eigenvalue weighted by Gasteiger charge is 2.16. The van der Waals surface area contributed by atoms with Crippen molar-refractivity contribution in [1.29, 1.82) is 0 Å². The minimum absolute atomic E-state index is 0.321. The van der Waals surface area contributed by atoms with E-state index >= 15 is 0 Å². The molecule has 0 fully saturated rings. The maximum absolute atomic E-state index is 11.5. The summed E-state index contributed by atoms with van der Waals surface area (Å²) in [5.74, 6) is -0.914. The molecule has 0 atom stereocenters.